The Morgan fingerprint density at radius 1 is 1.13 bits per heavy atom. The van der Waals surface area contributed by atoms with Crippen LogP contribution in [0, 0.1) is 0 Å². The first-order chi connectivity index (χ1) is 14.7. The molecular weight excluding hydrogens is 382 g/mol. The van der Waals surface area contributed by atoms with E-state index in [0.717, 1.165) is 30.7 Å². The molecule has 2 atom stereocenters. The minimum atomic E-state index is -0.248. The monoisotopic (exact) mass is 407 g/mol. The van der Waals surface area contributed by atoms with Crippen molar-refractivity contribution in [3.05, 3.63) is 61.2 Å². The van der Waals surface area contributed by atoms with Gasteiger partial charge in [-0.1, -0.05) is 12.1 Å². The Morgan fingerprint density at radius 2 is 1.93 bits per heavy atom. The van der Waals surface area contributed by atoms with Crippen molar-refractivity contribution < 1.29 is 14.3 Å². The molecule has 0 aliphatic heterocycles. The van der Waals surface area contributed by atoms with E-state index >= 15 is 0 Å². The van der Waals surface area contributed by atoms with Crippen LogP contribution >= 0.6 is 0 Å². The predicted molar refractivity (Wildman–Crippen MR) is 113 cm³/mol. The van der Waals surface area contributed by atoms with E-state index in [1.165, 1.54) is 6.33 Å². The van der Waals surface area contributed by atoms with Gasteiger partial charge in [-0.3, -0.25) is 0 Å². The van der Waals surface area contributed by atoms with Crippen LogP contribution < -0.4 is 20.1 Å². The summed E-state index contributed by atoms with van der Waals surface area (Å²) in [6.45, 7) is 2.52. The number of hydrogen-bond acceptors (Lipinski definition) is 5. The number of rotatable bonds is 7. The summed E-state index contributed by atoms with van der Waals surface area (Å²) in [4.78, 5) is 16.5. The second kappa shape index (κ2) is 9.30. The van der Waals surface area contributed by atoms with Crippen LogP contribution in [0.4, 0.5) is 10.5 Å². The van der Waals surface area contributed by atoms with Gasteiger partial charge in [0.15, 0.2) is 11.5 Å². The molecule has 8 nitrogen and oxygen atoms in total. The predicted octanol–water partition coefficient (Wildman–Crippen LogP) is 3.79. The number of ether oxygens (including phenoxy) is 2. The summed E-state index contributed by atoms with van der Waals surface area (Å²) in [7, 11) is 0. The fourth-order valence-corrected chi connectivity index (χ4v) is 3.59. The Kier molecular flexibility index (Phi) is 6.12. The quantitative estimate of drug-likeness (QED) is 0.622. The molecule has 1 saturated carbocycles. The SMILES string of the molecule is CCOc1ccccc1O[C@@H]1CCC[C@@H]1NC(=O)Nc1ccc(-n2cncn2)cc1. The van der Waals surface area contributed by atoms with Crippen molar-refractivity contribution >= 4 is 11.7 Å². The Bertz CT molecular complexity index is 959. The average Bonchev–Trinajstić information content (AvgIpc) is 3.43. The highest BCUT2D eigenvalue weighted by molar-refractivity contribution is 5.89. The molecule has 1 aliphatic carbocycles. The highest BCUT2D eigenvalue weighted by atomic mass is 16.5. The van der Waals surface area contributed by atoms with E-state index < -0.39 is 0 Å². The molecule has 0 spiro atoms. The molecule has 1 fully saturated rings. The first-order valence-electron chi connectivity index (χ1n) is 10.1. The molecule has 0 saturated heterocycles. The molecule has 3 aromatic rings. The second-order valence-electron chi connectivity index (χ2n) is 7.06. The van der Waals surface area contributed by atoms with Gasteiger partial charge >= 0.3 is 6.03 Å². The van der Waals surface area contributed by atoms with Gasteiger partial charge in [0.2, 0.25) is 0 Å². The van der Waals surface area contributed by atoms with Gasteiger partial charge in [-0.25, -0.2) is 14.5 Å². The lowest BCUT2D eigenvalue weighted by Crippen LogP contribution is -2.44. The Morgan fingerprint density at radius 3 is 2.67 bits per heavy atom. The van der Waals surface area contributed by atoms with Crippen molar-refractivity contribution in [2.75, 3.05) is 11.9 Å². The van der Waals surface area contributed by atoms with Gasteiger partial charge in [0, 0.05) is 5.69 Å². The van der Waals surface area contributed by atoms with Gasteiger partial charge < -0.3 is 20.1 Å². The van der Waals surface area contributed by atoms with E-state index in [1.807, 2.05) is 55.5 Å². The van der Waals surface area contributed by atoms with Crippen LogP contribution in [-0.2, 0) is 0 Å². The summed E-state index contributed by atoms with van der Waals surface area (Å²) in [6.07, 6.45) is 5.77. The number of carbonyl (C=O) groups is 1. The highest BCUT2D eigenvalue weighted by Gasteiger charge is 2.31. The first kappa shape index (κ1) is 19.8. The van der Waals surface area contributed by atoms with Gasteiger partial charge in [-0.15, -0.1) is 0 Å². The third kappa shape index (κ3) is 4.71. The standard InChI is InChI=1S/C22H25N5O3/c1-2-29-20-7-3-4-8-21(20)30-19-9-5-6-18(19)26-22(28)25-16-10-12-17(13-11-16)27-15-23-14-24-27/h3-4,7-8,10-15,18-19H,2,5-6,9H2,1H3,(H2,25,26,28)/t18-,19+/m0/s1. The number of anilines is 1. The van der Waals surface area contributed by atoms with E-state index in [4.69, 9.17) is 9.47 Å². The molecule has 2 amide bonds. The molecule has 2 aromatic carbocycles. The Labute approximate surface area is 175 Å². The van der Waals surface area contributed by atoms with E-state index in [-0.39, 0.29) is 18.2 Å². The van der Waals surface area contributed by atoms with Crippen molar-refractivity contribution in [1.29, 1.82) is 0 Å². The zero-order valence-electron chi connectivity index (χ0n) is 16.8. The van der Waals surface area contributed by atoms with E-state index in [1.54, 1.807) is 11.0 Å². The van der Waals surface area contributed by atoms with Crippen molar-refractivity contribution in [2.24, 2.45) is 0 Å². The van der Waals surface area contributed by atoms with Crippen LogP contribution in [0.5, 0.6) is 11.5 Å². The number of carbonyl (C=O) groups excluding carboxylic acids is 1. The van der Waals surface area contributed by atoms with Gasteiger partial charge in [-0.2, -0.15) is 5.10 Å². The lowest BCUT2D eigenvalue weighted by Gasteiger charge is -2.23. The van der Waals surface area contributed by atoms with E-state index in [2.05, 4.69) is 20.7 Å². The number of benzene rings is 2. The molecule has 0 radical (unpaired) electrons. The summed E-state index contributed by atoms with van der Waals surface area (Å²) < 4.78 is 13.5. The third-order valence-corrected chi connectivity index (χ3v) is 5.00. The molecular formula is C22H25N5O3. The number of amides is 2. The lowest BCUT2D eigenvalue weighted by atomic mass is 10.2. The van der Waals surface area contributed by atoms with Gasteiger partial charge in [0.05, 0.1) is 18.3 Å². The van der Waals surface area contributed by atoms with Crippen LogP contribution in [0.1, 0.15) is 26.2 Å². The van der Waals surface area contributed by atoms with Crippen molar-refractivity contribution in [3.8, 4) is 17.2 Å². The minimum Gasteiger partial charge on any atom is -0.490 e. The molecule has 0 bridgehead atoms. The Hall–Kier alpha value is -3.55. The van der Waals surface area contributed by atoms with Crippen LogP contribution in [0.15, 0.2) is 61.2 Å². The summed E-state index contributed by atoms with van der Waals surface area (Å²) in [5, 5.41) is 10.0. The first-order valence-corrected chi connectivity index (χ1v) is 10.1. The molecule has 1 heterocycles. The average molecular weight is 407 g/mol. The van der Waals surface area contributed by atoms with Gasteiger partial charge in [0.1, 0.15) is 18.8 Å². The van der Waals surface area contributed by atoms with Crippen LogP contribution in [0.3, 0.4) is 0 Å². The molecule has 1 aliphatic rings. The maximum Gasteiger partial charge on any atom is 0.319 e. The van der Waals surface area contributed by atoms with Crippen molar-refractivity contribution in [2.45, 2.75) is 38.3 Å². The fraction of sp³-hybridized carbons (Fsp3) is 0.318. The lowest BCUT2D eigenvalue weighted by molar-refractivity contribution is 0.167. The number of urea groups is 1. The topological polar surface area (TPSA) is 90.3 Å². The second-order valence-corrected chi connectivity index (χ2v) is 7.06. The third-order valence-electron chi connectivity index (χ3n) is 5.00. The number of nitrogens with one attached hydrogen (secondary N) is 2. The van der Waals surface area contributed by atoms with Crippen LogP contribution in [0.25, 0.3) is 5.69 Å². The van der Waals surface area contributed by atoms with Crippen molar-refractivity contribution in [3.63, 3.8) is 0 Å². The largest absolute Gasteiger partial charge is 0.490 e. The van der Waals surface area contributed by atoms with Crippen LogP contribution in [0.2, 0.25) is 0 Å². The zero-order chi connectivity index (χ0) is 20.8. The van der Waals surface area contributed by atoms with Crippen molar-refractivity contribution in [1.82, 2.24) is 20.1 Å². The number of hydrogen-bond donors (Lipinski definition) is 2. The smallest absolute Gasteiger partial charge is 0.319 e. The normalized spacial score (nSPS) is 18.0. The molecule has 2 N–H and O–H groups in total. The number of aromatic nitrogens is 3. The number of para-hydroxylation sites is 2. The van der Waals surface area contributed by atoms with E-state index in [9.17, 15) is 4.79 Å². The molecule has 4 rings (SSSR count). The molecule has 30 heavy (non-hydrogen) atoms. The van der Waals surface area contributed by atoms with Crippen LogP contribution in [-0.4, -0.2) is 39.5 Å². The molecule has 1 aromatic heterocycles. The minimum absolute atomic E-state index is 0.0610. The summed E-state index contributed by atoms with van der Waals surface area (Å²) >= 11 is 0. The summed E-state index contributed by atoms with van der Waals surface area (Å²) in [5.74, 6) is 1.43. The maximum absolute atomic E-state index is 12.5. The zero-order valence-corrected chi connectivity index (χ0v) is 16.8. The molecule has 156 valence electrons. The fourth-order valence-electron chi connectivity index (χ4n) is 3.59. The van der Waals surface area contributed by atoms with Gasteiger partial charge in [-0.05, 0) is 62.6 Å². The molecule has 0 unspecified atom stereocenters. The highest BCUT2D eigenvalue weighted by Crippen LogP contribution is 2.31. The van der Waals surface area contributed by atoms with E-state index in [0.29, 0.717) is 18.0 Å². The summed E-state index contributed by atoms with van der Waals surface area (Å²) in [6, 6.07) is 14.7. The maximum atomic E-state index is 12.5. The summed E-state index contributed by atoms with van der Waals surface area (Å²) in [5.41, 5.74) is 1.57. The number of nitrogens with zero attached hydrogens (tertiary/aromatic N) is 3. The Balaban J connectivity index is 1.34. The molecule has 8 heteroatoms. The van der Waals surface area contributed by atoms with Gasteiger partial charge in [0.25, 0.3) is 0 Å².